The summed E-state index contributed by atoms with van der Waals surface area (Å²) in [5, 5.41) is 21.1. The quantitative estimate of drug-likeness (QED) is 0.534. The fraction of sp³-hybridized carbons (Fsp3) is 0.423. The van der Waals surface area contributed by atoms with Crippen molar-refractivity contribution in [2.45, 2.75) is 44.2 Å². The lowest BCUT2D eigenvalue weighted by Crippen LogP contribution is -2.42. The Labute approximate surface area is 209 Å². The van der Waals surface area contributed by atoms with Gasteiger partial charge < -0.3 is 15.0 Å². The number of aromatic nitrogens is 4. The number of amides is 2. The summed E-state index contributed by atoms with van der Waals surface area (Å²) in [6.45, 7) is 4.89. The van der Waals surface area contributed by atoms with Gasteiger partial charge in [0, 0.05) is 48.6 Å². The number of ether oxygens (including phenoxy) is 1. The molecule has 0 unspecified atom stereocenters. The van der Waals surface area contributed by atoms with Gasteiger partial charge >= 0.3 is 0 Å². The molecule has 10 nitrogen and oxygen atoms in total. The largest absolute Gasteiger partial charge is 0.494 e. The number of carbonyl (C=O) groups is 2. The van der Waals surface area contributed by atoms with Crippen LogP contribution in [0.15, 0.2) is 43.5 Å². The second-order valence-electron chi connectivity index (χ2n) is 9.45. The van der Waals surface area contributed by atoms with E-state index in [2.05, 4.69) is 28.2 Å². The molecule has 1 saturated heterocycles. The maximum absolute atomic E-state index is 13.1. The van der Waals surface area contributed by atoms with Crippen molar-refractivity contribution in [3.05, 3.63) is 49.1 Å². The number of fused-ring (bicyclic) bond motifs is 1. The Hall–Kier alpha value is -4.13. The van der Waals surface area contributed by atoms with Crippen LogP contribution in [0.1, 0.15) is 43.7 Å². The summed E-state index contributed by atoms with van der Waals surface area (Å²) in [4.78, 5) is 26.6. The molecule has 1 aliphatic carbocycles. The number of nitrogens with one attached hydrogen (secondary N) is 1. The van der Waals surface area contributed by atoms with E-state index in [-0.39, 0.29) is 29.8 Å². The Morgan fingerprint density at radius 3 is 2.69 bits per heavy atom. The maximum atomic E-state index is 13.1. The van der Waals surface area contributed by atoms with Gasteiger partial charge in [0.25, 0.3) is 0 Å². The molecule has 0 aromatic carbocycles. The molecule has 1 N–H and O–H groups in total. The van der Waals surface area contributed by atoms with Gasteiger partial charge in [0.2, 0.25) is 11.8 Å². The van der Waals surface area contributed by atoms with Gasteiger partial charge in [-0.2, -0.15) is 15.5 Å². The number of piperidine rings is 1. The Morgan fingerprint density at radius 1 is 1.17 bits per heavy atom. The van der Waals surface area contributed by atoms with Crippen molar-refractivity contribution in [1.82, 2.24) is 29.6 Å². The summed E-state index contributed by atoms with van der Waals surface area (Å²) < 4.78 is 9.16. The second-order valence-corrected chi connectivity index (χ2v) is 9.45. The highest BCUT2D eigenvalue weighted by atomic mass is 16.5. The monoisotopic (exact) mass is 487 g/mol. The van der Waals surface area contributed by atoms with Crippen LogP contribution in [0.25, 0.3) is 16.6 Å². The molecule has 5 rings (SSSR count). The molecule has 1 saturated carbocycles. The first kappa shape index (κ1) is 23.6. The molecule has 2 aliphatic rings. The minimum Gasteiger partial charge on any atom is -0.494 e. The van der Waals surface area contributed by atoms with E-state index in [9.17, 15) is 14.9 Å². The maximum Gasteiger partial charge on any atom is 0.243 e. The third-order valence-corrected chi connectivity index (χ3v) is 7.32. The molecule has 0 spiro atoms. The van der Waals surface area contributed by atoms with Gasteiger partial charge in [-0.1, -0.05) is 6.58 Å². The number of carbonyl (C=O) groups excluding carboxylic acids is 2. The van der Waals surface area contributed by atoms with Crippen LogP contribution in [-0.4, -0.2) is 62.3 Å². The minimum absolute atomic E-state index is 0.0262. The minimum atomic E-state index is -0.178. The second kappa shape index (κ2) is 9.85. The summed E-state index contributed by atoms with van der Waals surface area (Å²) in [6, 6.07) is 4.31. The molecule has 2 atom stereocenters. The van der Waals surface area contributed by atoms with Crippen molar-refractivity contribution >= 4 is 17.3 Å². The Balaban J connectivity index is 1.22. The van der Waals surface area contributed by atoms with Crippen LogP contribution in [0, 0.1) is 17.2 Å². The third-order valence-electron chi connectivity index (χ3n) is 7.32. The first-order valence-electron chi connectivity index (χ1n) is 12.2. The van der Waals surface area contributed by atoms with Gasteiger partial charge in [0.05, 0.1) is 25.5 Å². The zero-order valence-electron chi connectivity index (χ0n) is 20.3. The highest BCUT2D eigenvalue weighted by Gasteiger charge is 2.34. The fourth-order valence-electron chi connectivity index (χ4n) is 5.37. The van der Waals surface area contributed by atoms with E-state index in [1.165, 1.54) is 12.3 Å². The lowest BCUT2D eigenvalue weighted by molar-refractivity contribution is -0.136. The Kier molecular flexibility index (Phi) is 6.46. The summed E-state index contributed by atoms with van der Waals surface area (Å²) in [7, 11) is 1.58. The summed E-state index contributed by atoms with van der Waals surface area (Å²) in [6.07, 6.45) is 12.5. The average Bonchev–Trinajstić information content (AvgIpc) is 3.67. The number of hydrogen-bond acceptors (Lipinski definition) is 6. The molecule has 0 bridgehead atoms. The molecular formula is C26H29N7O3. The van der Waals surface area contributed by atoms with Crippen molar-refractivity contribution in [3.63, 3.8) is 0 Å². The zero-order chi connectivity index (χ0) is 25.2. The lowest BCUT2D eigenvalue weighted by atomic mass is 10.0. The number of likely N-dealkylation sites (tertiary alicyclic amines) is 1. The lowest BCUT2D eigenvalue weighted by Gasteiger charge is -2.33. The van der Waals surface area contributed by atoms with Gasteiger partial charge in [0.1, 0.15) is 22.9 Å². The van der Waals surface area contributed by atoms with E-state index in [1.807, 2.05) is 34.2 Å². The van der Waals surface area contributed by atoms with Gasteiger partial charge in [-0.05, 0) is 44.2 Å². The van der Waals surface area contributed by atoms with Crippen LogP contribution >= 0.6 is 0 Å². The molecule has 2 amide bonds. The SMILES string of the molecule is C=CC(=O)N[C@H]1CC[C@H](C(=O)N2CCC(n3cc(-c4cc(OC)c5c(C#N)cnn5c4)cn3)CC2)C1. The summed E-state index contributed by atoms with van der Waals surface area (Å²) in [5.41, 5.74) is 2.93. The Bertz CT molecular complexity index is 1340. The molecule has 1 aliphatic heterocycles. The van der Waals surface area contributed by atoms with Gasteiger partial charge in [-0.15, -0.1) is 0 Å². The molecule has 0 radical (unpaired) electrons. The molecule has 3 aromatic heterocycles. The van der Waals surface area contributed by atoms with E-state index in [1.54, 1.807) is 11.6 Å². The van der Waals surface area contributed by atoms with E-state index in [0.717, 1.165) is 36.8 Å². The predicted molar refractivity (Wildman–Crippen MR) is 132 cm³/mol. The van der Waals surface area contributed by atoms with Crippen LogP contribution in [-0.2, 0) is 9.59 Å². The average molecular weight is 488 g/mol. The standard InChI is InChI=1S/C26H29N7O3/c1-3-24(34)30-21-5-4-17(10-21)26(35)31-8-6-22(7-9-31)32-16-20(14-28-32)18-11-23(36-2)25-19(12-27)13-29-33(25)15-18/h3,11,13-17,21-22H,1,4-10H2,2H3,(H,30,34)/t17-,21-/m0/s1. The number of nitrogens with zero attached hydrogens (tertiary/aromatic N) is 6. The number of hydrogen-bond donors (Lipinski definition) is 1. The van der Waals surface area contributed by atoms with E-state index < -0.39 is 0 Å². The van der Waals surface area contributed by atoms with E-state index in [4.69, 9.17) is 4.74 Å². The molecule has 186 valence electrons. The van der Waals surface area contributed by atoms with Gasteiger partial charge in [-0.3, -0.25) is 14.3 Å². The normalized spacial score (nSPS) is 20.3. The van der Waals surface area contributed by atoms with Crippen LogP contribution in [0.5, 0.6) is 5.75 Å². The molecular weight excluding hydrogens is 458 g/mol. The molecule has 4 heterocycles. The van der Waals surface area contributed by atoms with Crippen LogP contribution in [0.3, 0.4) is 0 Å². The molecule has 2 fully saturated rings. The van der Waals surface area contributed by atoms with Gasteiger partial charge in [-0.25, -0.2) is 4.52 Å². The fourth-order valence-corrected chi connectivity index (χ4v) is 5.37. The van der Waals surface area contributed by atoms with Crippen LogP contribution in [0.2, 0.25) is 0 Å². The number of nitriles is 1. The number of methoxy groups -OCH3 is 1. The van der Waals surface area contributed by atoms with E-state index >= 15 is 0 Å². The highest BCUT2D eigenvalue weighted by Crippen LogP contribution is 2.32. The van der Waals surface area contributed by atoms with Crippen molar-refractivity contribution < 1.29 is 14.3 Å². The highest BCUT2D eigenvalue weighted by molar-refractivity contribution is 5.87. The smallest absolute Gasteiger partial charge is 0.243 e. The Morgan fingerprint density at radius 2 is 1.97 bits per heavy atom. The molecule has 3 aromatic rings. The van der Waals surface area contributed by atoms with Crippen LogP contribution in [0.4, 0.5) is 0 Å². The van der Waals surface area contributed by atoms with Crippen molar-refractivity contribution in [1.29, 1.82) is 5.26 Å². The van der Waals surface area contributed by atoms with Crippen LogP contribution < -0.4 is 10.1 Å². The summed E-state index contributed by atoms with van der Waals surface area (Å²) >= 11 is 0. The number of rotatable bonds is 6. The van der Waals surface area contributed by atoms with Gasteiger partial charge in [0.15, 0.2) is 0 Å². The topological polar surface area (TPSA) is 118 Å². The molecule has 10 heteroatoms. The summed E-state index contributed by atoms with van der Waals surface area (Å²) in [5.74, 6) is 0.574. The predicted octanol–water partition coefficient (Wildman–Crippen LogP) is 2.71. The van der Waals surface area contributed by atoms with Crippen molar-refractivity contribution in [2.75, 3.05) is 20.2 Å². The third kappa shape index (κ3) is 4.44. The van der Waals surface area contributed by atoms with E-state index in [0.29, 0.717) is 36.3 Å². The number of pyridine rings is 1. The first-order valence-corrected chi connectivity index (χ1v) is 12.2. The van der Waals surface area contributed by atoms with Crippen molar-refractivity contribution in [2.24, 2.45) is 5.92 Å². The molecule has 36 heavy (non-hydrogen) atoms. The van der Waals surface area contributed by atoms with Crippen molar-refractivity contribution in [3.8, 4) is 22.9 Å². The zero-order valence-corrected chi connectivity index (χ0v) is 20.3. The first-order chi connectivity index (χ1) is 17.5.